The van der Waals surface area contributed by atoms with Gasteiger partial charge in [0.1, 0.15) is 5.82 Å². The lowest BCUT2D eigenvalue weighted by molar-refractivity contribution is -0.135. The van der Waals surface area contributed by atoms with Gasteiger partial charge in [0.2, 0.25) is 0 Å². The van der Waals surface area contributed by atoms with Crippen molar-refractivity contribution in [2.45, 2.75) is 38.8 Å². The first-order valence-electron chi connectivity index (χ1n) is 9.38. The van der Waals surface area contributed by atoms with Crippen molar-refractivity contribution in [1.82, 2.24) is 10.2 Å². The Balaban J connectivity index is 1.62. The van der Waals surface area contributed by atoms with E-state index in [2.05, 4.69) is 32.1 Å². The number of ether oxygens (including phenoxy) is 1. The summed E-state index contributed by atoms with van der Waals surface area (Å²) < 4.78 is 19.0. The van der Waals surface area contributed by atoms with E-state index in [9.17, 15) is 14.0 Å². The Hall–Kier alpha value is -2.52. The predicted octanol–water partition coefficient (Wildman–Crippen LogP) is 2.81. The molecule has 0 radical (unpaired) electrons. The van der Waals surface area contributed by atoms with Crippen LogP contribution in [-0.4, -0.2) is 47.9 Å². The molecule has 0 aromatic heterocycles. The number of thioether (sulfide) groups is 1. The molecule has 2 heterocycles. The second-order valence-corrected chi connectivity index (χ2v) is 7.93. The molecule has 1 unspecified atom stereocenters. The number of hydrogen-bond donors (Lipinski definition) is 1. The summed E-state index contributed by atoms with van der Waals surface area (Å²) in [5.41, 5.74) is 1.24. The molecule has 7 nitrogen and oxygen atoms in total. The standard InChI is InChI=1S/C20H23FN4O3S/c1-13-5-3-4-8-25(13)12-15-7-6-14(9-16(15)21)11-22-24-20-23-19(27)17(29-20)10-18(26)28-2/h6-7,9-11,13H,3-5,8,12H2,1-2H3,(H,23,24,27)/b17-10+,22-11?. The highest BCUT2D eigenvalue weighted by molar-refractivity contribution is 8.18. The third kappa shape index (κ3) is 5.74. The van der Waals surface area contributed by atoms with E-state index < -0.39 is 11.9 Å². The zero-order chi connectivity index (χ0) is 20.8. The molecule has 0 bridgehead atoms. The number of amides is 1. The first kappa shape index (κ1) is 21.2. The lowest BCUT2D eigenvalue weighted by atomic mass is 10.0. The number of esters is 1. The predicted molar refractivity (Wildman–Crippen MR) is 111 cm³/mol. The normalized spacial score (nSPS) is 23.1. The fraction of sp³-hybridized carbons (Fsp3) is 0.400. The zero-order valence-electron chi connectivity index (χ0n) is 16.4. The number of likely N-dealkylation sites (tertiary alicyclic amines) is 1. The Labute approximate surface area is 173 Å². The van der Waals surface area contributed by atoms with Gasteiger partial charge < -0.3 is 4.74 Å². The van der Waals surface area contributed by atoms with E-state index in [0.717, 1.165) is 37.2 Å². The minimum absolute atomic E-state index is 0.174. The highest BCUT2D eigenvalue weighted by Gasteiger charge is 2.25. The van der Waals surface area contributed by atoms with Crippen LogP contribution in [0.1, 0.15) is 37.3 Å². The number of hydrogen-bond acceptors (Lipinski definition) is 7. The largest absolute Gasteiger partial charge is 0.466 e. The molecule has 154 valence electrons. The first-order valence-corrected chi connectivity index (χ1v) is 10.2. The highest BCUT2D eigenvalue weighted by Crippen LogP contribution is 2.23. The summed E-state index contributed by atoms with van der Waals surface area (Å²) in [4.78, 5) is 25.4. The number of methoxy groups -OCH3 is 1. The molecule has 1 aromatic carbocycles. The van der Waals surface area contributed by atoms with Crippen LogP contribution in [0.5, 0.6) is 0 Å². The van der Waals surface area contributed by atoms with Crippen LogP contribution in [-0.2, 0) is 20.9 Å². The molecule has 0 saturated carbocycles. The molecule has 1 atom stereocenters. The number of carbonyl (C=O) groups is 2. The van der Waals surface area contributed by atoms with Gasteiger partial charge in [-0.15, -0.1) is 5.10 Å². The molecule has 1 amide bonds. The van der Waals surface area contributed by atoms with E-state index in [1.165, 1.54) is 25.8 Å². The molecule has 0 aliphatic carbocycles. The lowest BCUT2D eigenvalue weighted by Crippen LogP contribution is -2.36. The van der Waals surface area contributed by atoms with Crippen molar-refractivity contribution in [2.24, 2.45) is 10.2 Å². The van der Waals surface area contributed by atoms with Gasteiger partial charge in [0.25, 0.3) is 5.91 Å². The van der Waals surface area contributed by atoms with E-state index in [0.29, 0.717) is 23.7 Å². The van der Waals surface area contributed by atoms with Crippen LogP contribution >= 0.6 is 11.8 Å². The quantitative estimate of drug-likeness (QED) is 0.344. The second-order valence-electron chi connectivity index (χ2n) is 6.90. The first-order chi connectivity index (χ1) is 14.0. The van der Waals surface area contributed by atoms with Gasteiger partial charge in [0.05, 0.1) is 18.2 Å². The monoisotopic (exact) mass is 418 g/mol. The highest BCUT2D eigenvalue weighted by atomic mass is 32.2. The smallest absolute Gasteiger partial charge is 0.331 e. The van der Waals surface area contributed by atoms with Crippen LogP contribution in [0.3, 0.4) is 0 Å². The summed E-state index contributed by atoms with van der Waals surface area (Å²) in [6.45, 7) is 3.78. The van der Waals surface area contributed by atoms with Gasteiger partial charge in [-0.2, -0.15) is 5.10 Å². The van der Waals surface area contributed by atoms with Crippen LogP contribution in [0, 0.1) is 5.82 Å². The minimum atomic E-state index is -0.623. The van der Waals surface area contributed by atoms with Crippen LogP contribution < -0.4 is 5.32 Å². The average Bonchev–Trinajstić information content (AvgIpc) is 3.04. The van der Waals surface area contributed by atoms with Crippen molar-refractivity contribution in [3.63, 3.8) is 0 Å². The number of benzene rings is 1. The molecule has 9 heteroatoms. The number of piperidine rings is 1. The van der Waals surface area contributed by atoms with Crippen molar-refractivity contribution in [3.05, 3.63) is 46.1 Å². The fourth-order valence-electron chi connectivity index (χ4n) is 3.17. The maximum atomic E-state index is 14.5. The Morgan fingerprint density at radius 3 is 3.00 bits per heavy atom. The fourth-order valence-corrected chi connectivity index (χ4v) is 3.91. The van der Waals surface area contributed by atoms with Gasteiger partial charge in [-0.3, -0.25) is 15.0 Å². The molecule has 0 spiro atoms. The van der Waals surface area contributed by atoms with Gasteiger partial charge >= 0.3 is 5.97 Å². The van der Waals surface area contributed by atoms with Crippen molar-refractivity contribution >= 4 is 35.0 Å². The summed E-state index contributed by atoms with van der Waals surface area (Å²) in [7, 11) is 1.23. The molecule has 1 aromatic rings. The second kappa shape index (κ2) is 9.80. The summed E-state index contributed by atoms with van der Waals surface area (Å²) in [6, 6.07) is 5.46. The molecule has 3 rings (SSSR count). The van der Waals surface area contributed by atoms with E-state index in [4.69, 9.17) is 0 Å². The molecular formula is C20H23FN4O3S. The molecule has 1 N–H and O–H groups in total. The maximum absolute atomic E-state index is 14.5. The summed E-state index contributed by atoms with van der Waals surface area (Å²) in [5.74, 6) is -1.34. The third-order valence-electron chi connectivity index (χ3n) is 4.85. The van der Waals surface area contributed by atoms with Gasteiger partial charge in [0, 0.05) is 24.2 Å². The van der Waals surface area contributed by atoms with Crippen LogP contribution in [0.15, 0.2) is 39.4 Å². The number of rotatable bonds is 5. The van der Waals surface area contributed by atoms with E-state index >= 15 is 0 Å². The van der Waals surface area contributed by atoms with Crippen molar-refractivity contribution in [2.75, 3.05) is 13.7 Å². The van der Waals surface area contributed by atoms with E-state index in [-0.39, 0.29) is 15.9 Å². The minimum Gasteiger partial charge on any atom is -0.466 e. The number of nitrogens with one attached hydrogen (secondary N) is 1. The lowest BCUT2D eigenvalue weighted by Gasteiger charge is -2.33. The third-order valence-corrected chi connectivity index (χ3v) is 5.75. The number of halogens is 1. The summed E-state index contributed by atoms with van der Waals surface area (Å²) >= 11 is 0.979. The number of amidine groups is 1. The summed E-state index contributed by atoms with van der Waals surface area (Å²) in [5, 5.41) is 10.5. The van der Waals surface area contributed by atoms with Gasteiger partial charge in [-0.1, -0.05) is 18.6 Å². The molecule has 2 fully saturated rings. The van der Waals surface area contributed by atoms with E-state index in [1.54, 1.807) is 12.1 Å². The molecule has 29 heavy (non-hydrogen) atoms. The number of nitrogens with zero attached hydrogens (tertiary/aromatic N) is 3. The van der Waals surface area contributed by atoms with Gasteiger partial charge in [-0.05, 0) is 49.7 Å². The van der Waals surface area contributed by atoms with Crippen LogP contribution in [0.2, 0.25) is 0 Å². The summed E-state index contributed by atoms with van der Waals surface area (Å²) in [6.07, 6.45) is 6.04. The maximum Gasteiger partial charge on any atom is 0.331 e. The van der Waals surface area contributed by atoms with Crippen molar-refractivity contribution in [3.8, 4) is 0 Å². The molecule has 2 aliphatic rings. The topological polar surface area (TPSA) is 83.4 Å². The molecule has 2 aliphatic heterocycles. The average molecular weight is 418 g/mol. The van der Waals surface area contributed by atoms with Crippen LogP contribution in [0.25, 0.3) is 0 Å². The van der Waals surface area contributed by atoms with Gasteiger partial charge in [0.15, 0.2) is 5.17 Å². The zero-order valence-corrected chi connectivity index (χ0v) is 17.2. The number of carbonyl (C=O) groups excluding carboxylic acids is 2. The Morgan fingerprint density at radius 2 is 2.28 bits per heavy atom. The molecular weight excluding hydrogens is 395 g/mol. The van der Waals surface area contributed by atoms with Crippen molar-refractivity contribution in [1.29, 1.82) is 0 Å². The van der Waals surface area contributed by atoms with Gasteiger partial charge in [-0.25, -0.2) is 9.18 Å². The Morgan fingerprint density at radius 1 is 1.45 bits per heavy atom. The SMILES string of the molecule is COC(=O)/C=C1/S/C(=N\N=Cc2ccc(CN3CCCCC3C)c(F)c2)NC1=O. The van der Waals surface area contributed by atoms with Crippen LogP contribution in [0.4, 0.5) is 4.39 Å². The Bertz CT molecular complexity index is 884. The Kier molecular flexibility index (Phi) is 7.16. The van der Waals surface area contributed by atoms with E-state index in [1.807, 2.05) is 0 Å². The molecule has 2 saturated heterocycles. The van der Waals surface area contributed by atoms with Crippen molar-refractivity contribution < 1.29 is 18.7 Å².